The molecule has 114 valence electrons. The average molecular weight is 300 g/mol. The van der Waals surface area contributed by atoms with Crippen molar-refractivity contribution in [2.45, 2.75) is 0 Å². The van der Waals surface area contributed by atoms with Gasteiger partial charge >= 0.3 is 11.8 Å². The first-order valence-electron chi connectivity index (χ1n) is 7.05. The lowest BCUT2D eigenvalue weighted by Crippen LogP contribution is -2.45. The van der Waals surface area contributed by atoms with Crippen LogP contribution in [0.5, 0.6) is 5.75 Å². The maximum atomic E-state index is 12.1. The number of aromatic hydroxyl groups is 1. The number of morpholine rings is 1. The van der Waals surface area contributed by atoms with E-state index in [1.807, 2.05) is 0 Å². The number of benzene rings is 2. The molecule has 2 aromatic rings. The summed E-state index contributed by atoms with van der Waals surface area (Å²) in [7, 11) is 0. The quantitative estimate of drug-likeness (QED) is 0.779. The fourth-order valence-corrected chi connectivity index (χ4v) is 2.49. The van der Waals surface area contributed by atoms with E-state index in [-0.39, 0.29) is 5.75 Å². The summed E-state index contributed by atoms with van der Waals surface area (Å²) in [6.45, 7) is 1.73. The number of nitrogens with zero attached hydrogens (tertiary/aromatic N) is 1. The van der Waals surface area contributed by atoms with Gasteiger partial charge in [-0.2, -0.15) is 0 Å². The number of carbonyl (C=O) groups is 2. The highest BCUT2D eigenvalue weighted by molar-refractivity contribution is 6.40. The number of hydrogen-bond acceptors (Lipinski definition) is 4. The Hall–Kier alpha value is -2.60. The van der Waals surface area contributed by atoms with Crippen LogP contribution in [0.4, 0.5) is 5.69 Å². The summed E-state index contributed by atoms with van der Waals surface area (Å²) in [6.07, 6.45) is 0. The van der Waals surface area contributed by atoms with Gasteiger partial charge in [-0.15, -0.1) is 0 Å². The molecule has 6 heteroatoms. The van der Waals surface area contributed by atoms with Crippen molar-refractivity contribution in [1.29, 1.82) is 0 Å². The predicted molar refractivity (Wildman–Crippen MR) is 81.6 cm³/mol. The van der Waals surface area contributed by atoms with Crippen LogP contribution in [0.1, 0.15) is 0 Å². The Kier molecular flexibility index (Phi) is 3.93. The number of nitrogens with one attached hydrogen (secondary N) is 1. The van der Waals surface area contributed by atoms with E-state index in [0.29, 0.717) is 42.8 Å². The molecule has 0 unspecified atom stereocenters. The lowest BCUT2D eigenvalue weighted by Gasteiger charge is -2.26. The van der Waals surface area contributed by atoms with Crippen LogP contribution in [0.25, 0.3) is 10.8 Å². The standard InChI is InChI=1S/C16H16N2O4/c19-14-6-2-3-11-12(14)4-1-5-13(11)17-15(20)16(21)18-7-9-22-10-8-18/h1-6,19H,7-10H2,(H,17,20). The van der Waals surface area contributed by atoms with Gasteiger partial charge in [-0.05, 0) is 12.1 Å². The largest absolute Gasteiger partial charge is 0.507 e. The second kappa shape index (κ2) is 6.03. The van der Waals surface area contributed by atoms with Gasteiger partial charge in [-0.3, -0.25) is 9.59 Å². The molecule has 0 atom stereocenters. The number of phenolic OH excluding ortho intramolecular Hbond substituents is 1. The van der Waals surface area contributed by atoms with E-state index in [0.717, 1.165) is 0 Å². The fraction of sp³-hybridized carbons (Fsp3) is 0.250. The SMILES string of the molecule is O=C(Nc1cccc2c(O)cccc12)C(=O)N1CCOCC1. The third-order valence-corrected chi connectivity index (χ3v) is 3.64. The second-order valence-electron chi connectivity index (χ2n) is 5.04. The van der Waals surface area contributed by atoms with Crippen molar-refractivity contribution in [3.63, 3.8) is 0 Å². The molecule has 6 nitrogen and oxygen atoms in total. The lowest BCUT2D eigenvalue weighted by molar-refractivity contribution is -0.145. The van der Waals surface area contributed by atoms with Gasteiger partial charge in [0.25, 0.3) is 0 Å². The summed E-state index contributed by atoms with van der Waals surface area (Å²) in [5, 5.41) is 13.8. The number of carbonyl (C=O) groups excluding carboxylic acids is 2. The van der Waals surface area contributed by atoms with E-state index in [2.05, 4.69) is 5.32 Å². The highest BCUT2D eigenvalue weighted by Gasteiger charge is 2.24. The fourth-order valence-electron chi connectivity index (χ4n) is 2.49. The van der Waals surface area contributed by atoms with Crippen molar-refractivity contribution in [1.82, 2.24) is 4.90 Å². The molecule has 0 radical (unpaired) electrons. The predicted octanol–water partition coefficient (Wildman–Crippen LogP) is 1.34. The molecule has 2 aromatic carbocycles. The third kappa shape index (κ3) is 2.73. The van der Waals surface area contributed by atoms with Crippen LogP contribution in [0.3, 0.4) is 0 Å². The summed E-state index contributed by atoms with van der Waals surface area (Å²) in [5.41, 5.74) is 0.500. The van der Waals surface area contributed by atoms with Crippen LogP contribution in [0.15, 0.2) is 36.4 Å². The van der Waals surface area contributed by atoms with Gasteiger partial charge in [0.15, 0.2) is 0 Å². The number of phenols is 1. The van der Waals surface area contributed by atoms with Crippen LogP contribution in [0, 0.1) is 0 Å². The molecule has 1 aliphatic heterocycles. The minimum Gasteiger partial charge on any atom is -0.507 e. The van der Waals surface area contributed by atoms with E-state index >= 15 is 0 Å². The molecule has 0 aliphatic carbocycles. The number of anilines is 1. The van der Waals surface area contributed by atoms with E-state index in [1.165, 1.54) is 4.90 Å². The van der Waals surface area contributed by atoms with Gasteiger partial charge in [-0.25, -0.2) is 0 Å². The van der Waals surface area contributed by atoms with Gasteiger partial charge in [0.2, 0.25) is 0 Å². The average Bonchev–Trinajstić information content (AvgIpc) is 2.56. The van der Waals surface area contributed by atoms with Gasteiger partial charge in [0.05, 0.1) is 13.2 Å². The third-order valence-electron chi connectivity index (χ3n) is 3.64. The minimum atomic E-state index is -0.683. The molecular weight excluding hydrogens is 284 g/mol. The molecule has 1 saturated heterocycles. The second-order valence-corrected chi connectivity index (χ2v) is 5.04. The smallest absolute Gasteiger partial charge is 0.313 e. The summed E-state index contributed by atoms with van der Waals surface area (Å²) in [5.74, 6) is -1.12. The van der Waals surface area contributed by atoms with Crippen LogP contribution in [-0.2, 0) is 14.3 Å². The van der Waals surface area contributed by atoms with Gasteiger partial charge in [0.1, 0.15) is 5.75 Å². The first-order chi connectivity index (χ1) is 10.7. The zero-order chi connectivity index (χ0) is 15.5. The zero-order valence-electron chi connectivity index (χ0n) is 11.9. The van der Waals surface area contributed by atoms with Crippen molar-refractivity contribution in [3.8, 4) is 5.75 Å². The molecule has 0 spiro atoms. The van der Waals surface area contributed by atoms with E-state index < -0.39 is 11.8 Å². The highest BCUT2D eigenvalue weighted by atomic mass is 16.5. The molecule has 2 amide bonds. The number of rotatable bonds is 1. The van der Waals surface area contributed by atoms with Crippen LogP contribution in [0.2, 0.25) is 0 Å². The molecule has 2 N–H and O–H groups in total. The Morgan fingerprint density at radius 3 is 2.50 bits per heavy atom. The Morgan fingerprint density at radius 1 is 1.05 bits per heavy atom. The number of ether oxygens (including phenoxy) is 1. The number of fused-ring (bicyclic) bond motifs is 1. The summed E-state index contributed by atoms with van der Waals surface area (Å²) >= 11 is 0. The van der Waals surface area contributed by atoms with Crippen molar-refractivity contribution < 1.29 is 19.4 Å². The summed E-state index contributed by atoms with van der Waals surface area (Å²) in [6, 6.07) is 10.2. The van der Waals surface area contributed by atoms with Crippen molar-refractivity contribution >= 4 is 28.3 Å². The molecule has 0 saturated carbocycles. The van der Waals surface area contributed by atoms with Crippen LogP contribution in [-0.4, -0.2) is 48.1 Å². The number of amides is 2. The zero-order valence-corrected chi connectivity index (χ0v) is 11.9. The van der Waals surface area contributed by atoms with Crippen molar-refractivity contribution in [3.05, 3.63) is 36.4 Å². The van der Waals surface area contributed by atoms with Crippen LogP contribution >= 0.6 is 0 Å². The van der Waals surface area contributed by atoms with Crippen molar-refractivity contribution in [2.24, 2.45) is 0 Å². The van der Waals surface area contributed by atoms with Gasteiger partial charge in [-0.1, -0.05) is 24.3 Å². The molecule has 0 aromatic heterocycles. The summed E-state index contributed by atoms with van der Waals surface area (Å²) < 4.78 is 5.17. The Bertz CT molecular complexity index is 723. The monoisotopic (exact) mass is 300 g/mol. The summed E-state index contributed by atoms with van der Waals surface area (Å²) in [4.78, 5) is 25.7. The molecule has 22 heavy (non-hydrogen) atoms. The molecular formula is C16H16N2O4. The molecule has 1 heterocycles. The molecule has 3 rings (SSSR count). The Labute approximate surface area is 127 Å². The maximum absolute atomic E-state index is 12.1. The topological polar surface area (TPSA) is 78.9 Å². The molecule has 1 aliphatic rings. The van der Waals surface area contributed by atoms with E-state index in [9.17, 15) is 14.7 Å². The highest BCUT2D eigenvalue weighted by Crippen LogP contribution is 2.29. The maximum Gasteiger partial charge on any atom is 0.313 e. The van der Waals surface area contributed by atoms with Gasteiger partial charge in [0, 0.05) is 29.5 Å². The molecule has 0 bridgehead atoms. The Balaban J connectivity index is 1.82. The molecule has 1 fully saturated rings. The van der Waals surface area contributed by atoms with E-state index in [4.69, 9.17) is 4.74 Å². The minimum absolute atomic E-state index is 0.133. The first-order valence-corrected chi connectivity index (χ1v) is 7.05. The van der Waals surface area contributed by atoms with Crippen LogP contribution < -0.4 is 5.32 Å². The normalized spacial score (nSPS) is 14.8. The number of hydrogen-bond donors (Lipinski definition) is 2. The Morgan fingerprint density at radius 2 is 1.73 bits per heavy atom. The van der Waals surface area contributed by atoms with Crippen molar-refractivity contribution in [2.75, 3.05) is 31.6 Å². The lowest BCUT2D eigenvalue weighted by atomic mass is 10.1. The van der Waals surface area contributed by atoms with Gasteiger partial charge < -0.3 is 20.1 Å². The van der Waals surface area contributed by atoms with E-state index in [1.54, 1.807) is 36.4 Å². The first kappa shape index (κ1) is 14.3.